The topological polar surface area (TPSA) is 29.5 Å². The summed E-state index contributed by atoms with van der Waals surface area (Å²) in [6.07, 6.45) is 3.39. The Hall–Kier alpha value is -0.280. The molecule has 1 aliphatic rings. The zero-order chi connectivity index (χ0) is 11.3. The van der Waals surface area contributed by atoms with E-state index in [1.54, 1.807) is 0 Å². The number of halogens is 1. The number of carbonyl (C=O) groups is 1. The molecule has 1 fully saturated rings. The summed E-state index contributed by atoms with van der Waals surface area (Å²) < 4.78 is 5.32. The molecule has 1 unspecified atom stereocenters. The minimum Gasteiger partial charge on any atom is -0.369 e. The largest absolute Gasteiger partial charge is 0.369 e. The fraction of sp³-hybridized carbons (Fsp3) is 0.909. The van der Waals surface area contributed by atoms with Crippen LogP contribution in [0.1, 0.15) is 33.1 Å². The summed E-state index contributed by atoms with van der Waals surface area (Å²) in [7, 11) is 0. The number of carbonyl (C=O) groups excluding carboxylic acids is 1. The van der Waals surface area contributed by atoms with Crippen LogP contribution >= 0.6 is 11.6 Å². The van der Waals surface area contributed by atoms with Crippen LogP contribution in [0.3, 0.4) is 0 Å². The first-order valence-electron chi connectivity index (χ1n) is 5.62. The molecule has 1 saturated heterocycles. The predicted molar refractivity (Wildman–Crippen MR) is 61.2 cm³/mol. The molecule has 0 radical (unpaired) electrons. The standard InChI is InChI=1S/C11H20ClNO2/c1-9(2)15-8-11(14)13-6-4-3-5-10(13)7-12/h9-10H,3-8H2,1-2H3. The normalized spacial score (nSPS) is 22.1. The third-order valence-corrected chi connectivity index (χ3v) is 3.02. The van der Waals surface area contributed by atoms with Gasteiger partial charge in [0.15, 0.2) is 0 Å². The Balaban J connectivity index is 2.41. The summed E-state index contributed by atoms with van der Waals surface area (Å²) >= 11 is 5.85. The number of piperidine rings is 1. The zero-order valence-corrected chi connectivity index (χ0v) is 10.3. The molecule has 0 aromatic rings. The van der Waals surface area contributed by atoms with Crippen molar-refractivity contribution in [3.63, 3.8) is 0 Å². The molecule has 1 rings (SSSR count). The van der Waals surface area contributed by atoms with E-state index >= 15 is 0 Å². The third-order valence-electron chi connectivity index (χ3n) is 2.67. The van der Waals surface area contributed by atoms with Crippen LogP contribution in [0.25, 0.3) is 0 Å². The second kappa shape index (κ2) is 6.33. The summed E-state index contributed by atoms with van der Waals surface area (Å²) in [6.45, 7) is 4.88. The van der Waals surface area contributed by atoms with Gasteiger partial charge in [-0.2, -0.15) is 0 Å². The molecule has 1 amide bonds. The molecule has 1 atom stereocenters. The number of likely N-dealkylation sites (tertiary alicyclic amines) is 1. The SMILES string of the molecule is CC(C)OCC(=O)N1CCCCC1CCl. The van der Waals surface area contributed by atoms with Crippen molar-refractivity contribution in [3.8, 4) is 0 Å². The predicted octanol–water partition coefficient (Wildman–Crippen LogP) is 2.03. The minimum atomic E-state index is 0.0778. The number of hydrogen-bond acceptors (Lipinski definition) is 2. The number of hydrogen-bond donors (Lipinski definition) is 0. The molecule has 0 aliphatic carbocycles. The Bertz CT molecular complexity index is 209. The van der Waals surface area contributed by atoms with Gasteiger partial charge in [0.2, 0.25) is 5.91 Å². The second-order valence-electron chi connectivity index (χ2n) is 4.25. The molecule has 0 bridgehead atoms. The van der Waals surface area contributed by atoms with E-state index in [1.165, 1.54) is 6.42 Å². The molecule has 15 heavy (non-hydrogen) atoms. The first kappa shape index (κ1) is 12.8. The van der Waals surface area contributed by atoms with E-state index in [-0.39, 0.29) is 24.7 Å². The van der Waals surface area contributed by atoms with Crippen LogP contribution in [0.15, 0.2) is 0 Å². The van der Waals surface area contributed by atoms with Gasteiger partial charge in [0.1, 0.15) is 6.61 Å². The monoisotopic (exact) mass is 233 g/mol. The Morgan fingerprint density at radius 2 is 2.27 bits per heavy atom. The van der Waals surface area contributed by atoms with Crippen LogP contribution < -0.4 is 0 Å². The Morgan fingerprint density at radius 3 is 2.87 bits per heavy atom. The molecule has 0 N–H and O–H groups in total. The lowest BCUT2D eigenvalue weighted by molar-refractivity contribution is -0.140. The van der Waals surface area contributed by atoms with E-state index in [0.717, 1.165) is 19.4 Å². The van der Waals surface area contributed by atoms with Gasteiger partial charge < -0.3 is 9.64 Å². The number of rotatable bonds is 4. The minimum absolute atomic E-state index is 0.0778. The first-order valence-corrected chi connectivity index (χ1v) is 6.15. The van der Waals surface area contributed by atoms with Crippen molar-refractivity contribution in [2.45, 2.75) is 45.3 Å². The molecule has 0 spiro atoms. The van der Waals surface area contributed by atoms with Crippen molar-refractivity contribution in [1.29, 1.82) is 0 Å². The van der Waals surface area contributed by atoms with Crippen molar-refractivity contribution in [2.75, 3.05) is 19.0 Å². The summed E-state index contributed by atoms with van der Waals surface area (Å²) in [6, 6.07) is 0.212. The number of amides is 1. The highest BCUT2D eigenvalue weighted by Gasteiger charge is 2.25. The van der Waals surface area contributed by atoms with E-state index in [4.69, 9.17) is 16.3 Å². The fourth-order valence-corrected chi connectivity index (χ4v) is 2.13. The van der Waals surface area contributed by atoms with Crippen molar-refractivity contribution < 1.29 is 9.53 Å². The molecule has 4 heteroatoms. The summed E-state index contributed by atoms with van der Waals surface area (Å²) in [4.78, 5) is 13.7. The molecule has 0 saturated carbocycles. The lowest BCUT2D eigenvalue weighted by Gasteiger charge is -2.34. The van der Waals surface area contributed by atoms with E-state index in [1.807, 2.05) is 18.7 Å². The van der Waals surface area contributed by atoms with Gasteiger partial charge in [0.25, 0.3) is 0 Å². The van der Waals surface area contributed by atoms with Crippen LogP contribution in [-0.4, -0.2) is 42.0 Å². The van der Waals surface area contributed by atoms with Gasteiger partial charge >= 0.3 is 0 Å². The Labute approximate surface area is 96.7 Å². The number of ether oxygens (including phenoxy) is 1. The quantitative estimate of drug-likeness (QED) is 0.696. The average Bonchev–Trinajstić information content (AvgIpc) is 2.25. The van der Waals surface area contributed by atoms with Gasteiger partial charge in [-0.3, -0.25) is 4.79 Å². The third kappa shape index (κ3) is 3.99. The summed E-state index contributed by atoms with van der Waals surface area (Å²) in [5.74, 6) is 0.613. The van der Waals surface area contributed by atoms with E-state index in [9.17, 15) is 4.79 Å². The van der Waals surface area contributed by atoms with Gasteiger partial charge in [-0.25, -0.2) is 0 Å². The maximum absolute atomic E-state index is 11.8. The van der Waals surface area contributed by atoms with Crippen molar-refractivity contribution in [2.24, 2.45) is 0 Å². The van der Waals surface area contributed by atoms with E-state index in [0.29, 0.717) is 5.88 Å². The van der Waals surface area contributed by atoms with E-state index in [2.05, 4.69) is 0 Å². The average molecular weight is 234 g/mol. The van der Waals surface area contributed by atoms with Crippen LogP contribution in [-0.2, 0) is 9.53 Å². The maximum Gasteiger partial charge on any atom is 0.248 e. The molecule has 1 heterocycles. The van der Waals surface area contributed by atoms with Crippen molar-refractivity contribution in [1.82, 2.24) is 4.90 Å². The smallest absolute Gasteiger partial charge is 0.248 e. The molecular weight excluding hydrogens is 214 g/mol. The van der Waals surface area contributed by atoms with Gasteiger partial charge in [-0.15, -0.1) is 11.6 Å². The lowest BCUT2D eigenvalue weighted by Crippen LogP contribution is -2.46. The summed E-state index contributed by atoms with van der Waals surface area (Å²) in [5.41, 5.74) is 0. The Morgan fingerprint density at radius 1 is 1.53 bits per heavy atom. The van der Waals surface area contributed by atoms with Crippen molar-refractivity contribution >= 4 is 17.5 Å². The molecule has 88 valence electrons. The Kier molecular flexibility index (Phi) is 5.40. The van der Waals surface area contributed by atoms with Crippen LogP contribution in [0.2, 0.25) is 0 Å². The fourth-order valence-electron chi connectivity index (χ4n) is 1.81. The molecule has 3 nitrogen and oxygen atoms in total. The van der Waals surface area contributed by atoms with Crippen LogP contribution in [0.4, 0.5) is 0 Å². The van der Waals surface area contributed by atoms with Gasteiger partial charge in [0.05, 0.1) is 6.10 Å². The highest BCUT2D eigenvalue weighted by Crippen LogP contribution is 2.18. The first-order chi connectivity index (χ1) is 7.15. The second-order valence-corrected chi connectivity index (χ2v) is 4.56. The molecule has 0 aromatic heterocycles. The number of alkyl halides is 1. The van der Waals surface area contributed by atoms with Crippen LogP contribution in [0.5, 0.6) is 0 Å². The number of nitrogens with zero attached hydrogens (tertiary/aromatic N) is 1. The van der Waals surface area contributed by atoms with E-state index < -0.39 is 0 Å². The van der Waals surface area contributed by atoms with Gasteiger partial charge in [0, 0.05) is 18.5 Å². The van der Waals surface area contributed by atoms with Gasteiger partial charge in [-0.1, -0.05) is 0 Å². The van der Waals surface area contributed by atoms with Crippen LogP contribution in [0, 0.1) is 0 Å². The molecular formula is C11H20ClNO2. The molecule has 1 aliphatic heterocycles. The van der Waals surface area contributed by atoms with Gasteiger partial charge in [-0.05, 0) is 33.1 Å². The van der Waals surface area contributed by atoms with Crippen molar-refractivity contribution in [3.05, 3.63) is 0 Å². The highest BCUT2D eigenvalue weighted by molar-refractivity contribution is 6.18. The molecule has 0 aromatic carbocycles. The highest BCUT2D eigenvalue weighted by atomic mass is 35.5. The zero-order valence-electron chi connectivity index (χ0n) is 9.54. The summed E-state index contributed by atoms with van der Waals surface area (Å²) in [5, 5.41) is 0. The maximum atomic E-state index is 11.8. The lowest BCUT2D eigenvalue weighted by atomic mass is 10.0.